The third kappa shape index (κ3) is 4.64. The lowest BCUT2D eigenvalue weighted by molar-refractivity contribution is 0.146. The molecule has 0 aliphatic carbocycles. The van der Waals surface area contributed by atoms with Gasteiger partial charge in [0.25, 0.3) is 6.43 Å². The molecule has 7 nitrogen and oxygen atoms in total. The summed E-state index contributed by atoms with van der Waals surface area (Å²) in [4.78, 5) is 12.4. The van der Waals surface area contributed by atoms with Crippen molar-refractivity contribution in [2.75, 3.05) is 5.73 Å². The molecule has 0 amide bonds. The Labute approximate surface area is 181 Å². The lowest BCUT2D eigenvalue weighted by atomic mass is 9.99. The molecule has 4 aromatic rings. The van der Waals surface area contributed by atoms with E-state index < -0.39 is 17.9 Å². The molecule has 0 unspecified atom stereocenters. The zero-order valence-electron chi connectivity index (χ0n) is 16.8. The molecule has 0 aliphatic heterocycles. The third-order valence-corrected chi connectivity index (χ3v) is 4.48. The zero-order chi connectivity index (χ0) is 22.7. The van der Waals surface area contributed by atoms with Gasteiger partial charge in [-0.2, -0.15) is 15.2 Å². The number of aryl methyl sites for hydroxylation is 1. The molecule has 0 radical (unpaired) electrons. The van der Waals surface area contributed by atoms with Crippen molar-refractivity contribution in [3.05, 3.63) is 77.6 Å². The smallest absolute Gasteiger partial charge is 0.280 e. The number of nitrogens with two attached hydrogens (primary N) is 1. The van der Waals surface area contributed by atoms with Gasteiger partial charge in [-0.05, 0) is 61.0 Å². The Hall–Kier alpha value is -4.08. The second-order valence-corrected chi connectivity index (χ2v) is 6.84. The molecule has 0 saturated carbocycles. The average molecular weight is 438 g/mol. The number of hydrogen-bond acceptors (Lipinski definition) is 7. The standard InChI is InChI=1S/C22H17F3N6O/c1-12-9-14(10-17(28-12)20(24)25)18-19(13-4-6-15(23)7-5-13)29-22(26)30-21(18)32-11-16-3-2-8-27-31-16/h2-10,20H,11H2,1H3,(H2,26,29,30). The summed E-state index contributed by atoms with van der Waals surface area (Å²) < 4.78 is 46.3. The van der Waals surface area contributed by atoms with E-state index in [9.17, 15) is 13.2 Å². The highest BCUT2D eigenvalue weighted by molar-refractivity contribution is 5.85. The first-order valence-corrected chi connectivity index (χ1v) is 9.50. The highest BCUT2D eigenvalue weighted by Gasteiger charge is 2.21. The van der Waals surface area contributed by atoms with E-state index in [-0.39, 0.29) is 18.4 Å². The number of nitrogens with zero attached hydrogens (tertiary/aromatic N) is 5. The van der Waals surface area contributed by atoms with Crippen molar-refractivity contribution >= 4 is 5.95 Å². The van der Waals surface area contributed by atoms with Crippen molar-refractivity contribution in [2.24, 2.45) is 0 Å². The summed E-state index contributed by atoms with van der Waals surface area (Å²) in [6.07, 6.45) is -1.25. The SMILES string of the molecule is Cc1cc(-c2c(OCc3cccnn3)nc(N)nc2-c2ccc(F)cc2)cc(C(F)F)n1. The summed E-state index contributed by atoms with van der Waals surface area (Å²) in [5.74, 6) is -0.466. The number of alkyl halides is 2. The van der Waals surface area contributed by atoms with Gasteiger partial charge in [0.1, 0.15) is 23.8 Å². The first-order chi connectivity index (χ1) is 15.4. The van der Waals surface area contributed by atoms with Gasteiger partial charge in [0.2, 0.25) is 11.8 Å². The zero-order valence-corrected chi connectivity index (χ0v) is 16.8. The van der Waals surface area contributed by atoms with Crippen molar-refractivity contribution in [2.45, 2.75) is 20.0 Å². The van der Waals surface area contributed by atoms with E-state index in [1.165, 1.54) is 36.5 Å². The van der Waals surface area contributed by atoms with Crippen LogP contribution >= 0.6 is 0 Å². The summed E-state index contributed by atoms with van der Waals surface area (Å²) in [5.41, 5.74) is 7.91. The molecule has 3 aromatic heterocycles. The number of rotatable bonds is 6. The first-order valence-electron chi connectivity index (χ1n) is 9.50. The van der Waals surface area contributed by atoms with Gasteiger partial charge >= 0.3 is 0 Å². The molecule has 32 heavy (non-hydrogen) atoms. The maximum atomic E-state index is 13.5. The van der Waals surface area contributed by atoms with Crippen LogP contribution in [0.15, 0.2) is 54.7 Å². The Morgan fingerprint density at radius 1 is 1.00 bits per heavy atom. The van der Waals surface area contributed by atoms with E-state index in [4.69, 9.17) is 10.5 Å². The summed E-state index contributed by atoms with van der Waals surface area (Å²) in [6.45, 7) is 1.61. The molecule has 0 atom stereocenters. The highest BCUT2D eigenvalue weighted by Crippen LogP contribution is 2.39. The molecule has 162 valence electrons. The molecule has 0 fully saturated rings. The van der Waals surface area contributed by atoms with E-state index in [1.54, 1.807) is 25.1 Å². The van der Waals surface area contributed by atoms with Gasteiger partial charge < -0.3 is 10.5 Å². The minimum absolute atomic E-state index is 0.00587. The number of benzene rings is 1. The van der Waals surface area contributed by atoms with Crippen LogP contribution in [0.1, 0.15) is 23.5 Å². The van der Waals surface area contributed by atoms with Crippen LogP contribution < -0.4 is 10.5 Å². The normalized spacial score (nSPS) is 11.0. The van der Waals surface area contributed by atoms with Crippen LogP contribution in [0.5, 0.6) is 5.88 Å². The number of anilines is 1. The van der Waals surface area contributed by atoms with Crippen molar-refractivity contribution in [3.63, 3.8) is 0 Å². The fraction of sp³-hybridized carbons (Fsp3) is 0.136. The number of ether oxygens (including phenoxy) is 1. The molecular weight excluding hydrogens is 421 g/mol. The van der Waals surface area contributed by atoms with E-state index >= 15 is 0 Å². The molecule has 4 rings (SSSR count). The Bertz CT molecular complexity index is 1240. The Balaban J connectivity index is 1.90. The highest BCUT2D eigenvalue weighted by atomic mass is 19.3. The molecule has 0 bridgehead atoms. The van der Waals surface area contributed by atoms with Gasteiger partial charge in [0, 0.05) is 17.5 Å². The Morgan fingerprint density at radius 2 is 1.78 bits per heavy atom. The minimum atomic E-state index is -2.78. The topological polar surface area (TPSA) is 99.7 Å². The predicted octanol–water partition coefficient (Wildman–Crippen LogP) is 4.54. The molecule has 10 heteroatoms. The van der Waals surface area contributed by atoms with Gasteiger partial charge in [-0.1, -0.05) is 0 Å². The van der Waals surface area contributed by atoms with Crippen molar-refractivity contribution in [3.8, 4) is 28.3 Å². The summed E-state index contributed by atoms with van der Waals surface area (Å²) in [5, 5.41) is 7.76. The summed E-state index contributed by atoms with van der Waals surface area (Å²) >= 11 is 0. The Morgan fingerprint density at radius 3 is 2.47 bits per heavy atom. The van der Waals surface area contributed by atoms with Crippen LogP contribution in [0.2, 0.25) is 0 Å². The quantitative estimate of drug-likeness (QED) is 0.472. The van der Waals surface area contributed by atoms with Gasteiger partial charge in [-0.25, -0.2) is 18.2 Å². The van der Waals surface area contributed by atoms with E-state index in [1.807, 2.05) is 0 Å². The van der Waals surface area contributed by atoms with E-state index in [0.717, 1.165) is 0 Å². The minimum Gasteiger partial charge on any atom is -0.470 e. The van der Waals surface area contributed by atoms with Crippen LogP contribution in [0.3, 0.4) is 0 Å². The van der Waals surface area contributed by atoms with Gasteiger partial charge in [-0.3, -0.25) is 4.98 Å². The number of halogens is 3. The average Bonchev–Trinajstić information content (AvgIpc) is 2.78. The van der Waals surface area contributed by atoms with Crippen LogP contribution in [-0.2, 0) is 6.61 Å². The van der Waals surface area contributed by atoms with Crippen LogP contribution in [0, 0.1) is 12.7 Å². The van der Waals surface area contributed by atoms with E-state index in [0.29, 0.717) is 33.8 Å². The monoisotopic (exact) mass is 438 g/mol. The molecular formula is C22H17F3N6O. The maximum absolute atomic E-state index is 13.5. The summed E-state index contributed by atoms with van der Waals surface area (Å²) in [7, 11) is 0. The number of nitrogen functional groups attached to an aromatic ring is 1. The fourth-order valence-electron chi connectivity index (χ4n) is 3.14. The second-order valence-electron chi connectivity index (χ2n) is 6.84. The molecule has 0 saturated heterocycles. The largest absolute Gasteiger partial charge is 0.470 e. The molecule has 1 aromatic carbocycles. The van der Waals surface area contributed by atoms with Gasteiger partial charge in [-0.15, -0.1) is 0 Å². The van der Waals surface area contributed by atoms with E-state index in [2.05, 4.69) is 25.1 Å². The van der Waals surface area contributed by atoms with Crippen LogP contribution in [0.25, 0.3) is 22.4 Å². The second kappa shape index (κ2) is 8.96. The number of hydrogen-bond donors (Lipinski definition) is 1. The van der Waals surface area contributed by atoms with Crippen molar-refractivity contribution in [1.82, 2.24) is 25.1 Å². The third-order valence-electron chi connectivity index (χ3n) is 4.48. The molecule has 0 spiro atoms. The van der Waals surface area contributed by atoms with Crippen molar-refractivity contribution in [1.29, 1.82) is 0 Å². The Kier molecular flexibility index (Phi) is 5.93. The van der Waals surface area contributed by atoms with Crippen LogP contribution in [-0.4, -0.2) is 25.1 Å². The predicted molar refractivity (Wildman–Crippen MR) is 111 cm³/mol. The van der Waals surface area contributed by atoms with Crippen molar-refractivity contribution < 1.29 is 17.9 Å². The number of pyridine rings is 1. The first kappa shape index (κ1) is 21.2. The fourth-order valence-corrected chi connectivity index (χ4v) is 3.14. The molecule has 0 aliphatic rings. The number of aromatic nitrogens is 5. The maximum Gasteiger partial charge on any atom is 0.280 e. The van der Waals surface area contributed by atoms with Gasteiger partial charge in [0.15, 0.2) is 0 Å². The summed E-state index contributed by atoms with van der Waals surface area (Å²) in [6, 6.07) is 11.8. The lowest BCUT2D eigenvalue weighted by Crippen LogP contribution is -2.07. The lowest BCUT2D eigenvalue weighted by Gasteiger charge is -2.16. The van der Waals surface area contributed by atoms with Crippen LogP contribution in [0.4, 0.5) is 19.1 Å². The molecule has 3 heterocycles. The molecule has 2 N–H and O–H groups in total. The van der Waals surface area contributed by atoms with Gasteiger partial charge in [0.05, 0.1) is 11.3 Å².